The van der Waals surface area contributed by atoms with Crippen LogP contribution >= 0.6 is 11.3 Å². The van der Waals surface area contributed by atoms with Crippen LogP contribution in [0.15, 0.2) is 36.4 Å². The monoisotopic (exact) mass is 309 g/mol. The van der Waals surface area contributed by atoms with E-state index in [1.807, 2.05) is 11.3 Å². The van der Waals surface area contributed by atoms with Crippen molar-refractivity contribution in [1.82, 2.24) is 9.78 Å². The molecule has 4 rings (SSSR count). The summed E-state index contributed by atoms with van der Waals surface area (Å²) in [6.07, 6.45) is 2.06. The number of aromatic nitrogens is 2. The Bertz CT molecular complexity index is 829. The summed E-state index contributed by atoms with van der Waals surface area (Å²) in [6, 6.07) is 12.9. The summed E-state index contributed by atoms with van der Waals surface area (Å²) < 4.78 is 2.10. The molecule has 3 aromatic rings. The van der Waals surface area contributed by atoms with Gasteiger partial charge in [0.05, 0.1) is 10.6 Å². The van der Waals surface area contributed by atoms with Crippen LogP contribution in [0.2, 0.25) is 0 Å². The predicted molar refractivity (Wildman–Crippen MR) is 93.2 cm³/mol. The Balaban J connectivity index is 1.91. The Morgan fingerprint density at radius 1 is 1.23 bits per heavy atom. The number of rotatable bonds is 3. The minimum Gasteiger partial charge on any atom is -0.369 e. The highest BCUT2D eigenvalue weighted by atomic mass is 32.1. The summed E-state index contributed by atoms with van der Waals surface area (Å²) in [6.45, 7) is 5.34. The maximum atomic E-state index is 4.96. The molecule has 1 N–H and O–H groups in total. The zero-order valence-corrected chi connectivity index (χ0v) is 13.7. The van der Waals surface area contributed by atoms with Crippen molar-refractivity contribution in [3.8, 4) is 16.3 Å². The second-order valence-corrected chi connectivity index (χ2v) is 6.94. The SMILES string of the molecule is CCc1ccccc1-n1nc(-c2ccc(C)s2)c2c1NCC2. The summed E-state index contributed by atoms with van der Waals surface area (Å²) in [5, 5.41) is 8.48. The first-order valence-corrected chi connectivity index (χ1v) is 8.60. The molecule has 3 heterocycles. The van der Waals surface area contributed by atoms with Gasteiger partial charge < -0.3 is 5.32 Å². The Morgan fingerprint density at radius 2 is 2.09 bits per heavy atom. The van der Waals surface area contributed by atoms with Crippen molar-refractivity contribution < 1.29 is 0 Å². The van der Waals surface area contributed by atoms with E-state index in [0.29, 0.717) is 0 Å². The summed E-state index contributed by atoms with van der Waals surface area (Å²) in [7, 11) is 0. The third-order valence-corrected chi connectivity index (χ3v) is 5.23. The van der Waals surface area contributed by atoms with E-state index in [2.05, 4.69) is 60.2 Å². The number of nitrogens with zero attached hydrogens (tertiary/aromatic N) is 2. The lowest BCUT2D eigenvalue weighted by Crippen LogP contribution is -2.06. The number of fused-ring (bicyclic) bond motifs is 1. The lowest BCUT2D eigenvalue weighted by atomic mass is 10.1. The van der Waals surface area contributed by atoms with Crippen LogP contribution in [0.1, 0.15) is 22.9 Å². The van der Waals surface area contributed by atoms with Crippen LogP contribution < -0.4 is 5.32 Å². The van der Waals surface area contributed by atoms with Gasteiger partial charge in [0.2, 0.25) is 0 Å². The van der Waals surface area contributed by atoms with E-state index in [0.717, 1.165) is 25.1 Å². The number of para-hydroxylation sites is 1. The Morgan fingerprint density at radius 3 is 2.86 bits per heavy atom. The maximum Gasteiger partial charge on any atom is 0.133 e. The molecule has 0 radical (unpaired) electrons. The van der Waals surface area contributed by atoms with Gasteiger partial charge in [-0.1, -0.05) is 25.1 Å². The molecule has 1 aliphatic heterocycles. The molecule has 0 unspecified atom stereocenters. The molecule has 0 amide bonds. The van der Waals surface area contributed by atoms with Crippen LogP contribution in [0, 0.1) is 6.92 Å². The molecular formula is C18H19N3S. The zero-order chi connectivity index (χ0) is 15.1. The zero-order valence-electron chi connectivity index (χ0n) is 12.9. The van der Waals surface area contributed by atoms with E-state index in [1.54, 1.807) is 0 Å². The first kappa shape index (κ1) is 13.6. The van der Waals surface area contributed by atoms with E-state index >= 15 is 0 Å². The largest absolute Gasteiger partial charge is 0.369 e. The fraction of sp³-hybridized carbons (Fsp3) is 0.278. The van der Waals surface area contributed by atoms with Crippen LogP contribution in [0.3, 0.4) is 0 Å². The van der Waals surface area contributed by atoms with Crippen molar-refractivity contribution >= 4 is 17.2 Å². The van der Waals surface area contributed by atoms with Crippen LogP contribution in [-0.2, 0) is 12.8 Å². The smallest absolute Gasteiger partial charge is 0.133 e. The van der Waals surface area contributed by atoms with Gasteiger partial charge in [0.1, 0.15) is 11.5 Å². The highest BCUT2D eigenvalue weighted by Crippen LogP contribution is 2.37. The number of hydrogen-bond donors (Lipinski definition) is 1. The average molecular weight is 309 g/mol. The molecule has 22 heavy (non-hydrogen) atoms. The molecule has 0 atom stereocenters. The summed E-state index contributed by atoms with van der Waals surface area (Å²) >= 11 is 1.82. The standard InChI is InChI=1S/C18H19N3S/c1-3-13-6-4-5-7-15(13)21-18-14(10-11-19-18)17(20-21)16-9-8-12(2)22-16/h4-9,19H,3,10-11H2,1-2H3. The lowest BCUT2D eigenvalue weighted by molar-refractivity contribution is 0.867. The van der Waals surface area contributed by atoms with Gasteiger partial charge in [-0.3, -0.25) is 0 Å². The van der Waals surface area contributed by atoms with Crippen molar-refractivity contribution in [2.24, 2.45) is 0 Å². The van der Waals surface area contributed by atoms with Crippen molar-refractivity contribution in [2.45, 2.75) is 26.7 Å². The highest BCUT2D eigenvalue weighted by Gasteiger charge is 2.25. The van der Waals surface area contributed by atoms with Gasteiger partial charge in [-0.15, -0.1) is 11.3 Å². The van der Waals surface area contributed by atoms with Crippen LogP contribution in [0.25, 0.3) is 16.3 Å². The fourth-order valence-corrected chi connectivity index (χ4v) is 4.00. The third-order valence-electron chi connectivity index (χ3n) is 4.23. The average Bonchev–Trinajstić information content (AvgIpc) is 3.23. The predicted octanol–water partition coefficient (Wildman–Crippen LogP) is 4.44. The third kappa shape index (κ3) is 2.06. The van der Waals surface area contributed by atoms with Gasteiger partial charge in [-0.25, -0.2) is 4.68 Å². The van der Waals surface area contributed by atoms with Crippen LogP contribution in [0.4, 0.5) is 5.82 Å². The first-order valence-electron chi connectivity index (χ1n) is 7.78. The molecule has 3 nitrogen and oxygen atoms in total. The normalized spacial score (nSPS) is 13.2. The van der Waals surface area contributed by atoms with Gasteiger partial charge in [-0.05, 0) is 43.5 Å². The van der Waals surface area contributed by atoms with E-state index in [-0.39, 0.29) is 0 Å². The Hall–Kier alpha value is -2.07. The van der Waals surface area contributed by atoms with Gasteiger partial charge in [0.15, 0.2) is 0 Å². The molecule has 2 aromatic heterocycles. The lowest BCUT2D eigenvalue weighted by Gasteiger charge is -2.10. The molecule has 0 fully saturated rings. The van der Waals surface area contributed by atoms with Crippen LogP contribution in [0.5, 0.6) is 0 Å². The quantitative estimate of drug-likeness (QED) is 0.775. The summed E-state index contributed by atoms with van der Waals surface area (Å²) in [4.78, 5) is 2.60. The molecule has 0 saturated carbocycles. The van der Waals surface area contributed by atoms with E-state index in [4.69, 9.17) is 5.10 Å². The van der Waals surface area contributed by atoms with Crippen molar-refractivity contribution in [2.75, 3.05) is 11.9 Å². The second kappa shape index (κ2) is 5.29. The molecule has 112 valence electrons. The Labute approximate surface area is 134 Å². The summed E-state index contributed by atoms with van der Waals surface area (Å²) in [5.74, 6) is 1.17. The van der Waals surface area contributed by atoms with E-state index in [9.17, 15) is 0 Å². The van der Waals surface area contributed by atoms with Crippen LogP contribution in [-0.4, -0.2) is 16.3 Å². The molecule has 4 heteroatoms. The number of anilines is 1. The van der Waals surface area contributed by atoms with E-state index < -0.39 is 0 Å². The van der Waals surface area contributed by atoms with Gasteiger partial charge in [0, 0.05) is 17.0 Å². The minimum absolute atomic E-state index is 0.999. The molecule has 0 spiro atoms. The maximum absolute atomic E-state index is 4.96. The highest BCUT2D eigenvalue weighted by molar-refractivity contribution is 7.15. The molecule has 0 saturated heterocycles. The first-order chi connectivity index (χ1) is 10.8. The number of nitrogens with one attached hydrogen (secondary N) is 1. The van der Waals surface area contributed by atoms with Gasteiger partial charge >= 0.3 is 0 Å². The van der Waals surface area contributed by atoms with Gasteiger partial charge in [0.25, 0.3) is 0 Å². The summed E-state index contributed by atoms with van der Waals surface area (Å²) in [5.41, 5.74) is 5.02. The molecule has 1 aliphatic rings. The minimum atomic E-state index is 0.999. The molecule has 1 aromatic carbocycles. The fourth-order valence-electron chi connectivity index (χ4n) is 3.13. The second-order valence-electron chi connectivity index (χ2n) is 5.66. The number of hydrogen-bond acceptors (Lipinski definition) is 3. The number of thiophene rings is 1. The number of benzene rings is 1. The molecule has 0 aliphatic carbocycles. The topological polar surface area (TPSA) is 29.9 Å². The molecule has 0 bridgehead atoms. The molecular weight excluding hydrogens is 290 g/mol. The Kier molecular flexibility index (Phi) is 3.26. The van der Waals surface area contributed by atoms with Crippen molar-refractivity contribution in [1.29, 1.82) is 0 Å². The van der Waals surface area contributed by atoms with Crippen molar-refractivity contribution in [3.63, 3.8) is 0 Å². The van der Waals surface area contributed by atoms with Gasteiger partial charge in [-0.2, -0.15) is 5.10 Å². The van der Waals surface area contributed by atoms with E-state index in [1.165, 1.54) is 32.4 Å². The number of aryl methyl sites for hydroxylation is 2. The van der Waals surface area contributed by atoms with Crippen molar-refractivity contribution in [3.05, 3.63) is 52.4 Å².